The molecule has 0 aliphatic heterocycles. The number of rotatable bonds is 2. The van der Waals surface area contributed by atoms with Crippen LogP contribution in [-0.2, 0) is 9.53 Å². The van der Waals surface area contributed by atoms with Crippen molar-refractivity contribution >= 4 is 5.97 Å². The number of carbonyl (C=O) groups excluding carboxylic acids is 1. The predicted octanol–water partition coefficient (Wildman–Crippen LogP) is 3.71. The SMILES string of the molecule is CC(C)=CC(=O)O[C@@H]1C[C@H]2CC[C@]1(C)C2(C)C. The van der Waals surface area contributed by atoms with E-state index in [2.05, 4.69) is 20.8 Å². The van der Waals surface area contributed by atoms with Crippen molar-refractivity contribution in [1.82, 2.24) is 0 Å². The number of hydrogen-bond acceptors (Lipinski definition) is 2. The highest BCUT2D eigenvalue weighted by Crippen LogP contribution is 2.66. The summed E-state index contributed by atoms with van der Waals surface area (Å²) < 4.78 is 5.68. The van der Waals surface area contributed by atoms with Crippen molar-refractivity contribution in [2.24, 2.45) is 16.7 Å². The summed E-state index contributed by atoms with van der Waals surface area (Å²) in [6.45, 7) is 10.8. The van der Waals surface area contributed by atoms with Crippen LogP contribution in [0.1, 0.15) is 53.9 Å². The number of fused-ring (bicyclic) bond motifs is 2. The summed E-state index contributed by atoms with van der Waals surface area (Å²) in [6, 6.07) is 0. The number of esters is 1. The van der Waals surface area contributed by atoms with Crippen LogP contribution in [-0.4, -0.2) is 12.1 Å². The van der Waals surface area contributed by atoms with Gasteiger partial charge >= 0.3 is 5.97 Å². The summed E-state index contributed by atoms with van der Waals surface area (Å²) in [5, 5.41) is 0. The number of allylic oxidation sites excluding steroid dienone is 1. The first-order chi connectivity index (χ1) is 7.77. The summed E-state index contributed by atoms with van der Waals surface area (Å²) in [4.78, 5) is 11.7. The topological polar surface area (TPSA) is 26.3 Å². The Kier molecular flexibility index (Phi) is 2.87. The molecule has 2 aliphatic carbocycles. The molecule has 2 fully saturated rings. The first kappa shape index (κ1) is 12.7. The van der Waals surface area contributed by atoms with E-state index in [0.29, 0.717) is 5.41 Å². The minimum absolute atomic E-state index is 0.111. The summed E-state index contributed by atoms with van der Waals surface area (Å²) in [5.74, 6) is 0.552. The minimum atomic E-state index is -0.167. The standard InChI is InChI=1S/C15H24O2/c1-10(2)8-13(16)17-12-9-11-6-7-15(12,5)14(11,3)4/h8,11-12H,6-7,9H2,1-5H3/t11-,12-,15+/m1/s1. The molecular formula is C15H24O2. The maximum Gasteiger partial charge on any atom is 0.330 e. The molecule has 2 bridgehead atoms. The Morgan fingerprint density at radius 2 is 1.94 bits per heavy atom. The minimum Gasteiger partial charge on any atom is -0.459 e. The van der Waals surface area contributed by atoms with Crippen LogP contribution in [0.4, 0.5) is 0 Å². The van der Waals surface area contributed by atoms with Crippen LogP contribution < -0.4 is 0 Å². The first-order valence-electron chi connectivity index (χ1n) is 6.63. The zero-order chi connectivity index (χ0) is 12.8. The molecule has 2 heteroatoms. The first-order valence-corrected chi connectivity index (χ1v) is 6.63. The fourth-order valence-electron chi connectivity index (χ4n) is 3.72. The lowest BCUT2D eigenvalue weighted by molar-refractivity contribution is -0.150. The van der Waals surface area contributed by atoms with Crippen LogP contribution in [0, 0.1) is 16.7 Å². The van der Waals surface area contributed by atoms with E-state index in [1.165, 1.54) is 12.8 Å². The molecular weight excluding hydrogens is 212 g/mol. The van der Waals surface area contributed by atoms with E-state index < -0.39 is 0 Å². The molecule has 2 nitrogen and oxygen atoms in total. The fourth-order valence-corrected chi connectivity index (χ4v) is 3.72. The predicted molar refractivity (Wildman–Crippen MR) is 68.5 cm³/mol. The van der Waals surface area contributed by atoms with Crippen molar-refractivity contribution in [3.63, 3.8) is 0 Å². The van der Waals surface area contributed by atoms with Gasteiger partial charge in [0.25, 0.3) is 0 Å². The van der Waals surface area contributed by atoms with Crippen molar-refractivity contribution in [2.75, 3.05) is 0 Å². The van der Waals surface area contributed by atoms with Gasteiger partial charge in [-0.3, -0.25) is 0 Å². The average Bonchev–Trinajstić information content (AvgIpc) is 2.49. The smallest absolute Gasteiger partial charge is 0.330 e. The molecule has 0 N–H and O–H groups in total. The number of carbonyl (C=O) groups is 1. The van der Waals surface area contributed by atoms with Gasteiger partial charge in [-0.25, -0.2) is 4.79 Å². The third-order valence-electron chi connectivity index (χ3n) is 5.38. The lowest BCUT2D eigenvalue weighted by atomic mass is 9.70. The molecule has 0 aromatic heterocycles. The van der Waals surface area contributed by atoms with Crippen molar-refractivity contribution in [1.29, 1.82) is 0 Å². The van der Waals surface area contributed by atoms with Gasteiger partial charge in [-0.15, -0.1) is 0 Å². The van der Waals surface area contributed by atoms with Gasteiger partial charge in [0.1, 0.15) is 6.10 Å². The molecule has 0 aromatic carbocycles. The van der Waals surface area contributed by atoms with E-state index >= 15 is 0 Å². The highest BCUT2D eigenvalue weighted by Gasteiger charge is 2.62. The molecule has 0 aromatic rings. The second-order valence-corrected chi connectivity index (χ2v) is 6.76. The summed E-state index contributed by atoms with van der Waals surface area (Å²) >= 11 is 0. The summed E-state index contributed by atoms with van der Waals surface area (Å²) in [7, 11) is 0. The van der Waals surface area contributed by atoms with Crippen molar-refractivity contribution in [2.45, 2.75) is 60.0 Å². The maximum absolute atomic E-state index is 11.7. The van der Waals surface area contributed by atoms with Crippen LogP contribution in [0.2, 0.25) is 0 Å². The second-order valence-electron chi connectivity index (χ2n) is 6.76. The number of hydrogen-bond donors (Lipinski definition) is 0. The molecule has 0 spiro atoms. The van der Waals surface area contributed by atoms with E-state index in [-0.39, 0.29) is 17.5 Å². The highest BCUT2D eigenvalue weighted by atomic mass is 16.5. The van der Waals surface area contributed by atoms with Gasteiger partial charge in [0.15, 0.2) is 0 Å². The van der Waals surface area contributed by atoms with Gasteiger partial charge in [0, 0.05) is 11.5 Å². The summed E-state index contributed by atoms with van der Waals surface area (Å²) in [5.41, 5.74) is 1.48. The average molecular weight is 236 g/mol. The fraction of sp³-hybridized carbons (Fsp3) is 0.800. The van der Waals surface area contributed by atoms with Gasteiger partial charge in [0.2, 0.25) is 0 Å². The van der Waals surface area contributed by atoms with Crippen LogP contribution in [0.25, 0.3) is 0 Å². The summed E-state index contributed by atoms with van der Waals surface area (Å²) in [6.07, 6.45) is 5.24. The van der Waals surface area contributed by atoms with Gasteiger partial charge < -0.3 is 4.74 Å². The van der Waals surface area contributed by atoms with Gasteiger partial charge in [-0.1, -0.05) is 26.3 Å². The second kappa shape index (κ2) is 3.86. The van der Waals surface area contributed by atoms with E-state index in [4.69, 9.17) is 4.74 Å². The highest BCUT2D eigenvalue weighted by molar-refractivity contribution is 5.82. The van der Waals surface area contributed by atoms with Crippen molar-refractivity contribution < 1.29 is 9.53 Å². The largest absolute Gasteiger partial charge is 0.459 e. The third-order valence-corrected chi connectivity index (χ3v) is 5.38. The zero-order valence-corrected chi connectivity index (χ0v) is 11.7. The molecule has 2 saturated carbocycles. The monoisotopic (exact) mass is 236 g/mol. The molecule has 2 aliphatic rings. The van der Waals surface area contributed by atoms with Crippen LogP contribution in [0.15, 0.2) is 11.6 Å². The Morgan fingerprint density at radius 1 is 1.29 bits per heavy atom. The molecule has 0 unspecified atom stereocenters. The lowest BCUT2D eigenvalue weighted by Gasteiger charge is -2.38. The molecule has 0 heterocycles. The zero-order valence-electron chi connectivity index (χ0n) is 11.7. The Balaban J connectivity index is 2.11. The normalized spacial score (nSPS) is 37.9. The van der Waals surface area contributed by atoms with Gasteiger partial charge in [-0.05, 0) is 44.4 Å². The molecule has 2 rings (SSSR count). The van der Waals surface area contributed by atoms with Crippen LogP contribution in [0.3, 0.4) is 0 Å². The Labute approximate surface area is 104 Å². The molecule has 0 radical (unpaired) electrons. The van der Waals surface area contributed by atoms with Crippen LogP contribution in [0.5, 0.6) is 0 Å². The molecule has 17 heavy (non-hydrogen) atoms. The van der Waals surface area contributed by atoms with E-state index in [0.717, 1.165) is 17.9 Å². The Hall–Kier alpha value is -0.790. The van der Waals surface area contributed by atoms with E-state index in [1.807, 2.05) is 13.8 Å². The molecule has 0 saturated heterocycles. The van der Waals surface area contributed by atoms with Crippen LogP contribution >= 0.6 is 0 Å². The van der Waals surface area contributed by atoms with E-state index in [9.17, 15) is 4.79 Å². The molecule has 3 atom stereocenters. The van der Waals surface area contributed by atoms with Crippen molar-refractivity contribution in [3.8, 4) is 0 Å². The quantitative estimate of drug-likeness (QED) is 0.539. The van der Waals surface area contributed by atoms with E-state index in [1.54, 1.807) is 6.08 Å². The third kappa shape index (κ3) is 1.82. The Morgan fingerprint density at radius 3 is 2.35 bits per heavy atom. The Bertz CT molecular complexity index is 363. The molecule has 0 amide bonds. The number of ether oxygens (including phenoxy) is 1. The maximum atomic E-state index is 11.7. The van der Waals surface area contributed by atoms with Crippen molar-refractivity contribution in [3.05, 3.63) is 11.6 Å². The van der Waals surface area contributed by atoms with Gasteiger partial charge in [-0.2, -0.15) is 0 Å². The van der Waals surface area contributed by atoms with Gasteiger partial charge in [0.05, 0.1) is 0 Å². The lowest BCUT2D eigenvalue weighted by Crippen LogP contribution is -2.38. The molecule has 96 valence electrons.